The summed E-state index contributed by atoms with van der Waals surface area (Å²) in [5, 5.41) is 1.17. The lowest BCUT2D eigenvalue weighted by atomic mass is 10.0. The van der Waals surface area contributed by atoms with E-state index in [-0.39, 0.29) is 6.04 Å². The molecule has 0 aliphatic carbocycles. The molecule has 2 rings (SSSR count). The fourth-order valence-electron chi connectivity index (χ4n) is 1.55. The second kappa shape index (κ2) is 3.76. The Labute approximate surface area is 83.8 Å². The van der Waals surface area contributed by atoms with E-state index in [1.165, 1.54) is 10.9 Å². The number of nitrogens with zero attached hydrogens (tertiary/aromatic N) is 1. The number of hydrogen-bond acceptors (Lipinski definition) is 2. The summed E-state index contributed by atoms with van der Waals surface area (Å²) in [4.78, 5) is 4.30. The number of nitrogens with two attached hydrogens (primary N) is 1. The molecule has 0 bridgehead atoms. The van der Waals surface area contributed by atoms with Gasteiger partial charge in [-0.25, -0.2) is 0 Å². The molecule has 0 saturated carbocycles. The fourth-order valence-corrected chi connectivity index (χ4v) is 1.55. The van der Waals surface area contributed by atoms with Gasteiger partial charge in [-0.1, -0.05) is 25.1 Å². The number of benzene rings is 1. The molecular formula is C12H14N2. The maximum atomic E-state index is 5.96. The van der Waals surface area contributed by atoms with Gasteiger partial charge in [0.1, 0.15) is 0 Å². The third-order valence-corrected chi connectivity index (χ3v) is 2.50. The zero-order chi connectivity index (χ0) is 9.97. The smallest absolute Gasteiger partial charge is 0.0705 e. The van der Waals surface area contributed by atoms with Crippen molar-refractivity contribution in [3.8, 4) is 0 Å². The molecule has 14 heavy (non-hydrogen) atoms. The Hall–Kier alpha value is -1.41. The van der Waals surface area contributed by atoms with E-state index in [1.807, 2.05) is 12.3 Å². The van der Waals surface area contributed by atoms with Crippen LogP contribution < -0.4 is 5.73 Å². The first-order chi connectivity index (χ1) is 6.81. The third-order valence-electron chi connectivity index (χ3n) is 2.50. The number of rotatable bonds is 2. The van der Waals surface area contributed by atoms with Crippen molar-refractivity contribution < 1.29 is 0 Å². The van der Waals surface area contributed by atoms with E-state index in [0.29, 0.717) is 0 Å². The van der Waals surface area contributed by atoms with Crippen molar-refractivity contribution in [3.63, 3.8) is 0 Å². The predicted molar refractivity (Wildman–Crippen MR) is 59.0 cm³/mol. The van der Waals surface area contributed by atoms with Crippen molar-refractivity contribution in [1.29, 1.82) is 0 Å². The van der Waals surface area contributed by atoms with Gasteiger partial charge in [0, 0.05) is 17.6 Å². The normalized spacial score (nSPS) is 13.0. The van der Waals surface area contributed by atoms with Crippen LogP contribution in [0.1, 0.15) is 24.9 Å². The third kappa shape index (κ3) is 1.61. The number of hydrogen-bond donors (Lipinski definition) is 1. The van der Waals surface area contributed by atoms with E-state index >= 15 is 0 Å². The van der Waals surface area contributed by atoms with Gasteiger partial charge in [-0.05, 0) is 24.1 Å². The van der Waals surface area contributed by atoms with Crippen LogP contribution in [0.3, 0.4) is 0 Å². The lowest BCUT2D eigenvalue weighted by Crippen LogP contribution is -2.08. The average molecular weight is 186 g/mol. The van der Waals surface area contributed by atoms with Gasteiger partial charge in [-0.3, -0.25) is 4.98 Å². The Morgan fingerprint density at radius 3 is 3.00 bits per heavy atom. The largest absolute Gasteiger partial charge is 0.324 e. The summed E-state index contributed by atoms with van der Waals surface area (Å²) in [6.45, 7) is 2.09. The highest BCUT2D eigenvalue weighted by molar-refractivity contribution is 5.78. The minimum Gasteiger partial charge on any atom is -0.324 e. The highest BCUT2D eigenvalue weighted by Gasteiger charge is 2.03. The van der Waals surface area contributed by atoms with Crippen LogP contribution in [0.25, 0.3) is 10.9 Å². The molecule has 2 aromatic rings. The first-order valence-corrected chi connectivity index (χ1v) is 4.91. The van der Waals surface area contributed by atoms with Gasteiger partial charge in [-0.15, -0.1) is 0 Å². The van der Waals surface area contributed by atoms with Crippen LogP contribution >= 0.6 is 0 Å². The molecular weight excluding hydrogens is 172 g/mol. The second-order valence-electron chi connectivity index (χ2n) is 3.47. The minimum absolute atomic E-state index is 0.126. The van der Waals surface area contributed by atoms with Gasteiger partial charge in [-0.2, -0.15) is 0 Å². The highest BCUT2D eigenvalue weighted by Crippen LogP contribution is 2.18. The van der Waals surface area contributed by atoms with E-state index in [0.717, 1.165) is 11.9 Å². The lowest BCUT2D eigenvalue weighted by molar-refractivity contribution is 0.699. The Morgan fingerprint density at radius 1 is 1.36 bits per heavy atom. The van der Waals surface area contributed by atoms with E-state index in [1.54, 1.807) is 0 Å². The van der Waals surface area contributed by atoms with Gasteiger partial charge in [0.25, 0.3) is 0 Å². The summed E-state index contributed by atoms with van der Waals surface area (Å²) in [5.41, 5.74) is 8.15. The summed E-state index contributed by atoms with van der Waals surface area (Å²) in [7, 11) is 0. The predicted octanol–water partition coefficient (Wildman–Crippen LogP) is 2.64. The Kier molecular flexibility index (Phi) is 2.46. The topological polar surface area (TPSA) is 38.9 Å². The molecule has 0 fully saturated rings. The van der Waals surface area contributed by atoms with Gasteiger partial charge in [0.15, 0.2) is 0 Å². The van der Waals surface area contributed by atoms with E-state index in [4.69, 9.17) is 5.73 Å². The SMILES string of the molecule is CC[C@@H](N)c1ccc2cccnc2c1. The summed E-state index contributed by atoms with van der Waals surface area (Å²) >= 11 is 0. The molecule has 1 aromatic carbocycles. The number of pyridine rings is 1. The van der Waals surface area contributed by atoms with Crippen molar-refractivity contribution in [2.24, 2.45) is 5.73 Å². The summed E-state index contributed by atoms with van der Waals surface area (Å²) in [6, 6.07) is 10.4. The van der Waals surface area contributed by atoms with Crippen LogP contribution in [0.15, 0.2) is 36.5 Å². The van der Waals surface area contributed by atoms with E-state index in [9.17, 15) is 0 Å². The van der Waals surface area contributed by atoms with Crippen LogP contribution in [-0.2, 0) is 0 Å². The van der Waals surface area contributed by atoms with Crippen molar-refractivity contribution in [2.75, 3.05) is 0 Å². The maximum absolute atomic E-state index is 5.96. The molecule has 2 heteroatoms. The quantitative estimate of drug-likeness (QED) is 0.783. The first-order valence-electron chi connectivity index (χ1n) is 4.91. The minimum atomic E-state index is 0.126. The Morgan fingerprint density at radius 2 is 2.21 bits per heavy atom. The molecule has 1 heterocycles. The average Bonchev–Trinajstić information content (AvgIpc) is 2.27. The molecule has 0 aliphatic heterocycles. The van der Waals surface area contributed by atoms with Crippen LogP contribution in [0, 0.1) is 0 Å². The summed E-state index contributed by atoms with van der Waals surface area (Å²) < 4.78 is 0. The van der Waals surface area contributed by atoms with Crippen LogP contribution in [-0.4, -0.2) is 4.98 Å². The van der Waals surface area contributed by atoms with E-state index < -0.39 is 0 Å². The van der Waals surface area contributed by atoms with Crippen LogP contribution in [0.5, 0.6) is 0 Å². The van der Waals surface area contributed by atoms with Crippen molar-refractivity contribution in [2.45, 2.75) is 19.4 Å². The molecule has 1 atom stereocenters. The maximum Gasteiger partial charge on any atom is 0.0705 e. The van der Waals surface area contributed by atoms with Crippen LogP contribution in [0.2, 0.25) is 0 Å². The fraction of sp³-hybridized carbons (Fsp3) is 0.250. The van der Waals surface area contributed by atoms with Crippen molar-refractivity contribution in [1.82, 2.24) is 4.98 Å². The van der Waals surface area contributed by atoms with Gasteiger partial charge >= 0.3 is 0 Å². The van der Waals surface area contributed by atoms with Crippen molar-refractivity contribution in [3.05, 3.63) is 42.1 Å². The Balaban J connectivity index is 2.51. The first kappa shape index (κ1) is 9.16. The standard InChI is InChI=1S/C12H14N2/c1-2-11(13)10-6-5-9-4-3-7-14-12(9)8-10/h3-8,11H,2,13H2,1H3/t11-/m1/s1. The lowest BCUT2D eigenvalue weighted by Gasteiger charge is -2.09. The number of fused-ring (bicyclic) bond motifs is 1. The Bertz CT molecular complexity index is 437. The summed E-state index contributed by atoms with van der Waals surface area (Å²) in [6.07, 6.45) is 2.77. The molecule has 0 aliphatic rings. The van der Waals surface area contributed by atoms with Gasteiger partial charge in [0.2, 0.25) is 0 Å². The molecule has 0 radical (unpaired) electrons. The molecule has 72 valence electrons. The zero-order valence-electron chi connectivity index (χ0n) is 8.27. The molecule has 0 spiro atoms. The van der Waals surface area contributed by atoms with Gasteiger partial charge < -0.3 is 5.73 Å². The van der Waals surface area contributed by atoms with Crippen LogP contribution in [0.4, 0.5) is 0 Å². The number of aromatic nitrogens is 1. The highest BCUT2D eigenvalue weighted by atomic mass is 14.7. The molecule has 0 saturated heterocycles. The van der Waals surface area contributed by atoms with E-state index in [2.05, 4.69) is 36.2 Å². The van der Waals surface area contributed by atoms with Gasteiger partial charge in [0.05, 0.1) is 5.52 Å². The zero-order valence-corrected chi connectivity index (χ0v) is 8.27. The molecule has 1 aromatic heterocycles. The summed E-state index contributed by atoms with van der Waals surface area (Å²) in [5.74, 6) is 0. The molecule has 0 unspecified atom stereocenters. The molecule has 2 N–H and O–H groups in total. The molecule has 0 amide bonds. The molecule has 2 nitrogen and oxygen atoms in total. The monoisotopic (exact) mass is 186 g/mol. The second-order valence-corrected chi connectivity index (χ2v) is 3.47. The van der Waals surface area contributed by atoms with Crippen molar-refractivity contribution >= 4 is 10.9 Å².